The Morgan fingerprint density at radius 3 is 2.52 bits per heavy atom. The van der Waals surface area contributed by atoms with Gasteiger partial charge in [-0.15, -0.1) is 0 Å². The second kappa shape index (κ2) is 7.84. The maximum Gasteiger partial charge on any atom is 0.255 e. The summed E-state index contributed by atoms with van der Waals surface area (Å²) in [6.45, 7) is 1.47. The Labute approximate surface area is 144 Å². The molecule has 2 aromatic carbocycles. The number of benzene rings is 2. The molecule has 25 heavy (non-hydrogen) atoms. The smallest absolute Gasteiger partial charge is 0.255 e. The number of primary amides is 1. The summed E-state index contributed by atoms with van der Waals surface area (Å²) in [6.07, 6.45) is 0. The number of carboxylic acid groups (broad SMARTS) is 1. The highest BCUT2D eigenvalue weighted by Crippen LogP contribution is 2.25. The molecule has 0 heterocycles. The van der Waals surface area contributed by atoms with Crippen LogP contribution in [0.1, 0.15) is 22.7 Å². The lowest BCUT2D eigenvalue weighted by molar-refractivity contribution is -0.307. The number of carbonyl (C=O) groups excluding carboxylic acids is 2. The Bertz CT molecular complexity index is 825. The molecule has 0 fully saturated rings. The predicted molar refractivity (Wildman–Crippen MR) is 88.4 cm³/mol. The van der Waals surface area contributed by atoms with Gasteiger partial charge in [0.05, 0.1) is 23.6 Å². The minimum Gasteiger partial charge on any atom is -0.548 e. The van der Waals surface area contributed by atoms with E-state index in [2.05, 4.69) is 5.32 Å². The van der Waals surface area contributed by atoms with Gasteiger partial charge in [0, 0.05) is 5.69 Å². The van der Waals surface area contributed by atoms with E-state index in [0.717, 1.165) is 5.56 Å². The Morgan fingerprint density at radius 1 is 1.28 bits per heavy atom. The SMILES string of the molecule is Cc1cc(OCC(N)=O)cc(C(Nc2ccc(C#N)cc2)C(=O)[O-])c1. The quantitative estimate of drug-likeness (QED) is 0.762. The van der Waals surface area contributed by atoms with Crippen LogP contribution in [-0.2, 0) is 9.59 Å². The van der Waals surface area contributed by atoms with E-state index in [1.54, 1.807) is 43.3 Å². The largest absolute Gasteiger partial charge is 0.548 e. The number of amides is 1. The summed E-state index contributed by atoms with van der Waals surface area (Å²) in [4.78, 5) is 22.4. The lowest BCUT2D eigenvalue weighted by atomic mass is 10.0. The van der Waals surface area contributed by atoms with Gasteiger partial charge in [-0.05, 0) is 54.4 Å². The van der Waals surface area contributed by atoms with E-state index < -0.39 is 17.9 Å². The van der Waals surface area contributed by atoms with Gasteiger partial charge in [-0.25, -0.2) is 0 Å². The van der Waals surface area contributed by atoms with Crippen LogP contribution in [0.15, 0.2) is 42.5 Å². The van der Waals surface area contributed by atoms with Gasteiger partial charge in [0.15, 0.2) is 6.61 Å². The molecule has 0 aliphatic carbocycles. The molecule has 7 nitrogen and oxygen atoms in total. The van der Waals surface area contributed by atoms with Gasteiger partial charge in [0.2, 0.25) is 0 Å². The van der Waals surface area contributed by atoms with Crippen LogP contribution in [0.3, 0.4) is 0 Å². The maximum atomic E-state index is 11.6. The summed E-state index contributed by atoms with van der Waals surface area (Å²) < 4.78 is 5.25. The standard InChI is InChI=1S/C18H17N3O4/c1-11-6-13(8-15(7-11)25-10-16(20)22)17(18(23)24)21-14-4-2-12(9-19)3-5-14/h2-8,17,21H,10H2,1H3,(H2,20,22)(H,23,24)/p-1. The van der Waals surface area contributed by atoms with E-state index in [-0.39, 0.29) is 6.61 Å². The Kier molecular flexibility index (Phi) is 5.58. The molecule has 0 aromatic heterocycles. The topological polar surface area (TPSA) is 128 Å². The molecule has 7 heteroatoms. The number of carbonyl (C=O) groups is 2. The van der Waals surface area contributed by atoms with Gasteiger partial charge in [-0.1, -0.05) is 6.07 Å². The van der Waals surface area contributed by atoms with Crippen molar-refractivity contribution >= 4 is 17.6 Å². The third-order valence-corrected chi connectivity index (χ3v) is 3.35. The number of ether oxygens (including phenoxy) is 1. The molecule has 0 radical (unpaired) electrons. The Hall–Kier alpha value is -3.53. The molecule has 1 unspecified atom stereocenters. The number of nitrogens with one attached hydrogen (secondary N) is 1. The molecule has 0 saturated carbocycles. The zero-order valence-electron chi connectivity index (χ0n) is 13.5. The van der Waals surface area contributed by atoms with Crippen molar-refractivity contribution in [1.82, 2.24) is 0 Å². The van der Waals surface area contributed by atoms with Crippen molar-refractivity contribution in [2.75, 3.05) is 11.9 Å². The number of aryl methyl sites for hydroxylation is 1. The number of anilines is 1. The van der Waals surface area contributed by atoms with E-state index >= 15 is 0 Å². The lowest BCUT2D eigenvalue weighted by Gasteiger charge is -2.22. The van der Waals surface area contributed by atoms with Gasteiger partial charge in [-0.3, -0.25) is 4.79 Å². The number of aliphatic carboxylic acids is 1. The molecule has 2 aromatic rings. The van der Waals surface area contributed by atoms with E-state index in [1.807, 2.05) is 6.07 Å². The fraction of sp³-hybridized carbons (Fsp3) is 0.167. The van der Waals surface area contributed by atoms with Crippen molar-refractivity contribution in [1.29, 1.82) is 5.26 Å². The summed E-state index contributed by atoms with van der Waals surface area (Å²) in [5.41, 5.74) is 7.20. The third-order valence-electron chi connectivity index (χ3n) is 3.35. The first-order valence-electron chi connectivity index (χ1n) is 7.39. The van der Waals surface area contributed by atoms with Crippen molar-refractivity contribution in [2.45, 2.75) is 13.0 Å². The summed E-state index contributed by atoms with van der Waals surface area (Å²) in [5.74, 6) is -1.62. The molecule has 128 valence electrons. The molecule has 0 saturated heterocycles. The molecule has 1 amide bonds. The summed E-state index contributed by atoms with van der Waals surface area (Å²) in [6, 6.07) is 12.1. The molecule has 0 bridgehead atoms. The van der Waals surface area contributed by atoms with Gasteiger partial charge in [0.1, 0.15) is 5.75 Å². The first-order chi connectivity index (χ1) is 11.9. The fourth-order valence-corrected chi connectivity index (χ4v) is 2.27. The zero-order chi connectivity index (χ0) is 18.4. The van der Waals surface area contributed by atoms with E-state index in [4.69, 9.17) is 15.7 Å². The third kappa shape index (κ3) is 4.97. The average Bonchev–Trinajstić information content (AvgIpc) is 2.57. The fourth-order valence-electron chi connectivity index (χ4n) is 2.27. The first kappa shape index (κ1) is 17.8. The lowest BCUT2D eigenvalue weighted by Crippen LogP contribution is -2.34. The van der Waals surface area contributed by atoms with Crippen LogP contribution < -0.4 is 20.9 Å². The monoisotopic (exact) mass is 338 g/mol. The van der Waals surface area contributed by atoms with Gasteiger partial charge < -0.3 is 25.7 Å². The number of hydrogen-bond donors (Lipinski definition) is 2. The van der Waals surface area contributed by atoms with Crippen molar-refractivity contribution in [3.8, 4) is 11.8 Å². The van der Waals surface area contributed by atoms with E-state index in [1.165, 1.54) is 6.07 Å². The Morgan fingerprint density at radius 2 is 1.96 bits per heavy atom. The maximum absolute atomic E-state index is 11.6. The van der Waals surface area contributed by atoms with Crippen LogP contribution in [0, 0.1) is 18.3 Å². The van der Waals surface area contributed by atoms with E-state index in [9.17, 15) is 14.7 Å². The van der Waals surface area contributed by atoms with E-state index in [0.29, 0.717) is 22.6 Å². The van der Waals surface area contributed by atoms with Crippen LogP contribution in [0.4, 0.5) is 5.69 Å². The zero-order valence-corrected chi connectivity index (χ0v) is 13.5. The number of hydrogen-bond acceptors (Lipinski definition) is 6. The Balaban J connectivity index is 2.28. The molecular weight excluding hydrogens is 322 g/mol. The molecule has 0 aliphatic heterocycles. The normalized spacial score (nSPS) is 11.2. The number of nitriles is 1. The van der Waals surface area contributed by atoms with Gasteiger partial charge in [0.25, 0.3) is 5.91 Å². The molecular formula is C18H16N3O4-. The van der Waals surface area contributed by atoms with Crippen molar-refractivity contribution in [3.63, 3.8) is 0 Å². The van der Waals surface area contributed by atoms with Crippen LogP contribution in [0.5, 0.6) is 5.75 Å². The summed E-state index contributed by atoms with van der Waals surface area (Å²) in [7, 11) is 0. The number of nitrogens with two attached hydrogens (primary N) is 1. The van der Waals surface area contributed by atoms with Crippen LogP contribution in [-0.4, -0.2) is 18.5 Å². The van der Waals surface area contributed by atoms with Crippen molar-refractivity contribution in [2.24, 2.45) is 5.73 Å². The highest BCUT2D eigenvalue weighted by molar-refractivity contribution is 5.78. The second-order valence-corrected chi connectivity index (χ2v) is 5.42. The number of rotatable bonds is 7. The minimum absolute atomic E-state index is 0.304. The highest BCUT2D eigenvalue weighted by Gasteiger charge is 2.15. The van der Waals surface area contributed by atoms with Crippen molar-refractivity contribution in [3.05, 3.63) is 59.2 Å². The molecule has 3 N–H and O–H groups in total. The summed E-state index contributed by atoms with van der Waals surface area (Å²) in [5, 5.41) is 23.2. The number of carboxylic acids is 1. The number of nitrogens with zero attached hydrogens (tertiary/aromatic N) is 1. The minimum atomic E-state index is -1.32. The van der Waals surface area contributed by atoms with Gasteiger partial charge >= 0.3 is 0 Å². The average molecular weight is 338 g/mol. The van der Waals surface area contributed by atoms with Crippen molar-refractivity contribution < 1.29 is 19.4 Å². The molecule has 1 atom stereocenters. The van der Waals surface area contributed by atoms with Crippen LogP contribution in [0.2, 0.25) is 0 Å². The predicted octanol–water partition coefficient (Wildman–Crippen LogP) is 0.634. The molecule has 0 aliphatic rings. The molecule has 0 spiro atoms. The highest BCUT2D eigenvalue weighted by atomic mass is 16.5. The second-order valence-electron chi connectivity index (χ2n) is 5.42. The molecule has 2 rings (SSSR count). The summed E-state index contributed by atoms with van der Waals surface area (Å²) >= 11 is 0. The van der Waals surface area contributed by atoms with Crippen LogP contribution in [0.25, 0.3) is 0 Å². The first-order valence-corrected chi connectivity index (χ1v) is 7.39. The van der Waals surface area contributed by atoms with Crippen LogP contribution >= 0.6 is 0 Å². The van der Waals surface area contributed by atoms with Gasteiger partial charge in [-0.2, -0.15) is 5.26 Å².